The average Bonchev–Trinajstić information content (AvgIpc) is 2.42. The molecule has 0 aliphatic carbocycles. The van der Waals surface area contributed by atoms with Crippen molar-refractivity contribution in [3.8, 4) is 0 Å². The molecule has 1 aliphatic rings. The highest BCUT2D eigenvalue weighted by Crippen LogP contribution is 2.32. The molecule has 5 heteroatoms. The van der Waals surface area contributed by atoms with Crippen LogP contribution in [0.5, 0.6) is 0 Å². The van der Waals surface area contributed by atoms with Crippen molar-refractivity contribution in [3.63, 3.8) is 0 Å². The van der Waals surface area contributed by atoms with E-state index in [-0.39, 0.29) is 0 Å². The number of rotatable bonds is 3. The fraction of sp³-hybridized carbons (Fsp3) is 1.00. The predicted molar refractivity (Wildman–Crippen MR) is 44.0 cm³/mol. The molecule has 1 aliphatic heterocycles. The highest BCUT2D eigenvalue weighted by atomic mass is 16.7. The van der Waals surface area contributed by atoms with E-state index in [1.54, 1.807) is 0 Å². The highest BCUT2D eigenvalue weighted by molar-refractivity contribution is 4.95. The molecule has 0 spiro atoms. The molecule has 5 nitrogen and oxygen atoms in total. The van der Waals surface area contributed by atoms with E-state index in [0.29, 0.717) is 6.42 Å². The molecule has 0 amide bonds. The largest absolute Gasteiger partial charge is 0.391 e. The molecule has 0 bridgehead atoms. The molecular weight excluding hydrogens is 176 g/mol. The van der Waals surface area contributed by atoms with Gasteiger partial charge in [-0.1, -0.05) is 6.92 Å². The van der Waals surface area contributed by atoms with Gasteiger partial charge in [0.1, 0.15) is 18.8 Å². The Labute approximate surface area is 76.9 Å². The Morgan fingerprint density at radius 2 is 2.08 bits per heavy atom. The van der Waals surface area contributed by atoms with Crippen LogP contribution in [0.3, 0.4) is 0 Å². The number of aliphatic hydroxyl groups is 3. The summed E-state index contributed by atoms with van der Waals surface area (Å²) in [5.41, 5.74) is 0. The van der Waals surface area contributed by atoms with Gasteiger partial charge in [0.25, 0.3) is 0 Å². The van der Waals surface area contributed by atoms with Crippen LogP contribution in [0.25, 0.3) is 0 Å². The van der Waals surface area contributed by atoms with Gasteiger partial charge in [-0.25, -0.2) is 0 Å². The molecule has 3 N–H and O–H groups in total. The molecule has 0 aromatic rings. The van der Waals surface area contributed by atoms with Crippen LogP contribution in [0.2, 0.25) is 0 Å². The quantitative estimate of drug-likeness (QED) is 0.526. The van der Waals surface area contributed by atoms with Crippen molar-refractivity contribution in [2.24, 2.45) is 0 Å². The zero-order valence-corrected chi connectivity index (χ0v) is 7.80. The molecule has 1 heterocycles. The van der Waals surface area contributed by atoms with Crippen LogP contribution < -0.4 is 0 Å². The van der Waals surface area contributed by atoms with Crippen LogP contribution in [0, 0.1) is 0 Å². The lowest BCUT2D eigenvalue weighted by Gasteiger charge is -2.27. The SMILES string of the molecule is CC[C@H]1O[C@@](CO)(OC)C(O)C1O. The van der Waals surface area contributed by atoms with Crippen molar-refractivity contribution >= 4 is 0 Å². The second-order valence-corrected chi connectivity index (χ2v) is 3.17. The second-order valence-electron chi connectivity index (χ2n) is 3.17. The van der Waals surface area contributed by atoms with Crippen LogP contribution in [0.4, 0.5) is 0 Å². The summed E-state index contributed by atoms with van der Waals surface area (Å²) in [5.74, 6) is -1.46. The first-order chi connectivity index (χ1) is 6.11. The Morgan fingerprint density at radius 3 is 2.31 bits per heavy atom. The molecule has 0 aromatic carbocycles. The Kier molecular flexibility index (Phi) is 3.26. The van der Waals surface area contributed by atoms with Crippen molar-refractivity contribution < 1.29 is 24.8 Å². The maximum absolute atomic E-state index is 9.55. The summed E-state index contributed by atoms with van der Waals surface area (Å²) in [7, 11) is 1.32. The summed E-state index contributed by atoms with van der Waals surface area (Å²) in [6, 6.07) is 0. The van der Waals surface area contributed by atoms with Gasteiger partial charge in [0.05, 0.1) is 6.10 Å². The first kappa shape index (κ1) is 10.9. The van der Waals surface area contributed by atoms with Gasteiger partial charge in [-0.3, -0.25) is 0 Å². The zero-order valence-electron chi connectivity index (χ0n) is 7.80. The predicted octanol–water partition coefficient (Wildman–Crippen LogP) is -1.15. The van der Waals surface area contributed by atoms with Crippen LogP contribution in [0.15, 0.2) is 0 Å². The third-order valence-electron chi connectivity index (χ3n) is 2.47. The molecular formula is C8H16O5. The van der Waals surface area contributed by atoms with Crippen LogP contribution in [0.1, 0.15) is 13.3 Å². The Morgan fingerprint density at radius 1 is 1.46 bits per heavy atom. The molecule has 1 fully saturated rings. The number of aliphatic hydroxyl groups excluding tert-OH is 3. The van der Waals surface area contributed by atoms with Gasteiger partial charge < -0.3 is 24.8 Å². The summed E-state index contributed by atoms with van der Waals surface area (Å²) in [5, 5.41) is 28.0. The van der Waals surface area contributed by atoms with Crippen LogP contribution in [-0.4, -0.2) is 53.1 Å². The van der Waals surface area contributed by atoms with E-state index in [1.165, 1.54) is 7.11 Å². The molecule has 0 saturated carbocycles. The molecule has 0 radical (unpaired) electrons. The summed E-state index contributed by atoms with van der Waals surface area (Å²) in [4.78, 5) is 0. The summed E-state index contributed by atoms with van der Waals surface area (Å²) in [6.07, 6.45) is -2.13. The number of hydrogen-bond donors (Lipinski definition) is 3. The van der Waals surface area contributed by atoms with E-state index < -0.39 is 30.7 Å². The molecule has 78 valence electrons. The van der Waals surface area contributed by atoms with Crippen molar-refractivity contribution in [2.75, 3.05) is 13.7 Å². The average molecular weight is 192 g/mol. The first-order valence-corrected chi connectivity index (χ1v) is 4.31. The lowest BCUT2D eigenvalue weighted by atomic mass is 10.0. The maximum Gasteiger partial charge on any atom is 0.221 e. The van der Waals surface area contributed by atoms with Crippen molar-refractivity contribution in [2.45, 2.75) is 37.4 Å². The fourth-order valence-electron chi connectivity index (χ4n) is 1.55. The molecule has 1 saturated heterocycles. The molecule has 1 rings (SSSR count). The minimum Gasteiger partial charge on any atom is -0.391 e. The summed E-state index contributed by atoms with van der Waals surface area (Å²) >= 11 is 0. The van der Waals surface area contributed by atoms with Gasteiger partial charge in [0.15, 0.2) is 0 Å². The molecule has 13 heavy (non-hydrogen) atoms. The standard InChI is InChI=1S/C8H16O5/c1-3-5-6(10)7(11)8(4-9,12-2)13-5/h5-7,9-11H,3-4H2,1-2H3/t5-,6?,7?,8-/m1/s1. The monoisotopic (exact) mass is 192 g/mol. The lowest BCUT2D eigenvalue weighted by Crippen LogP contribution is -2.47. The molecule has 0 aromatic heterocycles. The van der Waals surface area contributed by atoms with E-state index in [2.05, 4.69) is 0 Å². The van der Waals surface area contributed by atoms with Crippen molar-refractivity contribution in [1.82, 2.24) is 0 Å². The van der Waals surface area contributed by atoms with Crippen molar-refractivity contribution in [3.05, 3.63) is 0 Å². The van der Waals surface area contributed by atoms with Gasteiger partial charge in [-0.15, -0.1) is 0 Å². The minimum atomic E-state index is -1.46. The molecule has 2 unspecified atom stereocenters. The maximum atomic E-state index is 9.55. The van der Waals surface area contributed by atoms with E-state index in [9.17, 15) is 10.2 Å². The Balaban J connectivity index is 2.79. The molecule has 4 atom stereocenters. The first-order valence-electron chi connectivity index (χ1n) is 4.31. The lowest BCUT2D eigenvalue weighted by molar-refractivity contribution is -0.261. The highest BCUT2D eigenvalue weighted by Gasteiger charge is 2.53. The Hall–Kier alpha value is -0.200. The number of hydrogen-bond acceptors (Lipinski definition) is 5. The van der Waals surface area contributed by atoms with E-state index in [0.717, 1.165) is 0 Å². The van der Waals surface area contributed by atoms with Gasteiger partial charge in [0, 0.05) is 7.11 Å². The Bertz CT molecular complexity index is 168. The van der Waals surface area contributed by atoms with Gasteiger partial charge in [0.2, 0.25) is 5.79 Å². The normalized spacial score (nSPS) is 45.5. The third-order valence-corrected chi connectivity index (χ3v) is 2.47. The number of ether oxygens (including phenoxy) is 2. The van der Waals surface area contributed by atoms with E-state index in [4.69, 9.17) is 14.6 Å². The van der Waals surface area contributed by atoms with Gasteiger partial charge in [-0.05, 0) is 6.42 Å². The minimum absolute atomic E-state index is 0.474. The van der Waals surface area contributed by atoms with E-state index >= 15 is 0 Å². The van der Waals surface area contributed by atoms with Gasteiger partial charge in [-0.2, -0.15) is 0 Å². The van der Waals surface area contributed by atoms with Gasteiger partial charge >= 0.3 is 0 Å². The fourth-order valence-corrected chi connectivity index (χ4v) is 1.55. The van der Waals surface area contributed by atoms with Crippen LogP contribution in [-0.2, 0) is 9.47 Å². The van der Waals surface area contributed by atoms with Crippen LogP contribution >= 0.6 is 0 Å². The van der Waals surface area contributed by atoms with Crippen molar-refractivity contribution in [1.29, 1.82) is 0 Å². The summed E-state index contributed by atoms with van der Waals surface area (Å²) in [6.45, 7) is 1.35. The number of methoxy groups -OCH3 is 1. The second kappa shape index (κ2) is 3.89. The summed E-state index contributed by atoms with van der Waals surface area (Å²) < 4.78 is 10.1. The third kappa shape index (κ3) is 1.58. The topological polar surface area (TPSA) is 79.2 Å². The smallest absolute Gasteiger partial charge is 0.221 e. The van der Waals surface area contributed by atoms with E-state index in [1.807, 2.05) is 6.92 Å². The zero-order chi connectivity index (χ0) is 10.1.